The molecule has 0 aliphatic heterocycles. The minimum absolute atomic E-state index is 0.677. The first kappa shape index (κ1) is 11.0. The summed E-state index contributed by atoms with van der Waals surface area (Å²) in [5, 5.41) is 4.75. The maximum absolute atomic E-state index is 6.16. The lowest BCUT2D eigenvalue weighted by molar-refractivity contribution is 0.954. The van der Waals surface area contributed by atoms with Gasteiger partial charge in [0.1, 0.15) is 6.33 Å². The standard InChI is InChI=1S/C13H11ClN4/c14-12-7-11(15)2-1-10(12)5-9-3-4-18-13(6-9)16-8-17-18/h1-4,6-8H,5,15H2. The van der Waals surface area contributed by atoms with Crippen LogP contribution in [0.25, 0.3) is 5.65 Å². The van der Waals surface area contributed by atoms with E-state index in [9.17, 15) is 0 Å². The van der Waals surface area contributed by atoms with Gasteiger partial charge in [-0.2, -0.15) is 5.10 Å². The van der Waals surface area contributed by atoms with Crippen molar-refractivity contribution in [1.82, 2.24) is 14.6 Å². The average Bonchev–Trinajstić information content (AvgIpc) is 2.80. The first-order valence-electron chi connectivity index (χ1n) is 5.54. The molecule has 5 heteroatoms. The van der Waals surface area contributed by atoms with Crippen molar-refractivity contribution >= 4 is 22.9 Å². The molecule has 0 fully saturated rings. The normalized spacial score (nSPS) is 10.9. The zero-order chi connectivity index (χ0) is 12.5. The number of aromatic nitrogens is 3. The Morgan fingerprint density at radius 2 is 2.11 bits per heavy atom. The highest BCUT2D eigenvalue weighted by atomic mass is 35.5. The molecule has 0 aliphatic carbocycles. The highest BCUT2D eigenvalue weighted by molar-refractivity contribution is 6.31. The number of hydrogen-bond acceptors (Lipinski definition) is 3. The predicted molar refractivity (Wildman–Crippen MR) is 71.7 cm³/mol. The van der Waals surface area contributed by atoms with Gasteiger partial charge in [0.25, 0.3) is 0 Å². The maximum Gasteiger partial charge on any atom is 0.155 e. The van der Waals surface area contributed by atoms with Gasteiger partial charge in [0.05, 0.1) is 0 Å². The van der Waals surface area contributed by atoms with Gasteiger partial charge < -0.3 is 5.73 Å². The topological polar surface area (TPSA) is 56.2 Å². The van der Waals surface area contributed by atoms with E-state index in [2.05, 4.69) is 10.1 Å². The van der Waals surface area contributed by atoms with Crippen LogP contribution < -0.4 is 5.73 Å². The third-order valence-corrected chi connectivity index (χ3v) is 3.17. The molecule has 0 saturated heterocycles. The number of nitrogens with two attached hydrogens (primary N) is 1. The summed E-state index contributed by atoms with van der Waals surface area (Å²) in [4.78, 5) is 4.16. The molecule has 2 N–H and O–H groups in total. The lowest BCUT2D eigenvalue weighted by atomic mass is 10.1. The Hall–Kier alpha value is -2.07. The second kappa shape index (κ2) is 4.31. The highest BCUT2D eigenvalue weighted by Gasteiger charge is 2.04. The summed E-state index contributed by atoms with van der Waals surface area (Å²) < 4.78 is 1.73. The van der Waals surface area contributed by atoms with E-state index in [1.54, 1.807) is 10.6 Å². The first-order valence-corrected chi connectivity index (χ1v) is 5.92. The molecule has 2 aromatic heterocycles. The second-order valence-corrected chi connectivity index (χ2v) is 4.53. The number of pyridine rings is 1. The largest absolute Gasteiger partial charge is 0.399 e. The van der Waals surface area contributed by atoms with E-state index in [1.165, 1.54) is 6.33 Å². The minimum atomic E-state index is 0.677. The smallest absolute Gasteiger partial charge is 0.155 e. The molecule has 0 aliphatic rings. The Morgan fingerprint density at radius 1 is 1.22 bits per heavy atom. The van der Waals surface area contributed by atoms with Gasteiger partial charge in [0.2, 0.25) is 0 Å². The zero-order valence-corrected chi connectivity index (χ0v) is 10.3. The van der Waals surface area contributed by atoms with Crippen LogP contribution in [0.3, 0.4) is 0 Å². The Kier molecular flexibility index (Phi) is 2.64. The van der Waals surface area contributed by atoms with Crippen LogP contribution in [0.1, 0.15) is 11.1 Å². The van der Waals surface area contributed by atoms with Crippen molar-refractivity contribution in [2.24, 2.45) is 0 Å². The summed E-state index contributed by atoms with van der Waals surface area (Å²) in [6.07, 6.45) is 4.18. The van der Waals surface area contributed by atoms with E-state index in [-0.39, 0.29) is 0 Å². The molecule has 0 amide bonds. The van der Waals surface area contributed by atoms with Crippen molar-refractivity contribution in [3.05, 3.63) is 59.0 Å². The Bertz CT molecular complexity index is 705. The SMILES string of the molecule is Nc1ccc(Cc2ccn3ncnc3c2)c(Cl)c1. The molecule has 0 unspecified atom stereocenters. The fraction of sp³-hybridized carbons (Fsp3) is 0.0769. The van der Waals surface area contributed by atoms with Gasteiger partial charge in [-0.15, -0.1) is 0 Å². The molecule has 0 spiro atoms. The summed E-state index contributed by atoms with van der Waals surface area (Å²) in [6, 6.07) is 9.59. The number of anilines is 1. The van der Waals surface area contributed by atoms with E-state index in [1.807, 2.05) is 30.5 Å². The van der Waals surface area contributed by atoms with Crippen molar-refractivity contribution < 1.29 is 0 Å². The molecule has 3 rings (SSSR count). The van der Waals surface area contributed by atoms with Gasteiger partial charge in [-0.3, -0.25) is 0 Å². The first-order chi connectivity index (χ1) is 8.72. The van der Waals surface area contributed by atoms with Crippen LogP contribution >= 0.6 is 11.6 Å². The van der Waals surface area contributed by atoms with Crippen LogP contribution in [0.2, 0.25) is 5.02 Å². The minimum Gasteiger partial charge on any atom is -0.399 e. The van der Waals surface area contributed by atoms with Crippen molar-refractivity contribution in [3.63, 3.8) is 0 Å². The van der Waals surface area contributed by atoms with E-state index >= 15 is 0 Å². The Morgan fingerprint density at radius 3 is 2.94 bits per heavy atom. The van der Waals surface area contributed by atoms with E-state index in [0.717, 1.165) is 23.2 Å². The molecule has 2 heterocycles. The maximum atomic E-state index is 6.16. The van der Waals surface area contributed by atoms with Gasteiger partial charge in [0.15, 0.2) is 5.65 Å². The summed E-state index contributed by atoms with van der Waals surface area (Å²) in [6.45, 7) is 0. The fourth-order valence-electron chi connectivity index (χ4n) is 1.89. The lowest BCUT2D eigenvalue weighted by Gasteiger charge is -2.05. The number of nitrogens with zero attached hydrogens (tertiary/aromatic N) is 3. The van der Waals surface area contributed by atoms with Gasteiger partial charge in [-0.05, 0) is 41.8 Å². The van der Waals surface area contributed by atoms with Crippen LogP contribution in [0.5, 0.6) is 0 Å². The number of nitrogen functional groups attached to an aromatic ring is 1. The van der Waals surface area contributed by atoms with Crippen LogP contribution in [0, 0.1) is 0 Å². The summed E-state index contributed by atoms with van der Waals surface area (Å²) in [5.74, 6) is 0. The number of halogens is 1. The monoisotopic (exact) mass is 258 g/mol. The van der Waals surface area contributed by atoms with E-state index in [0.29, 0.717) is 10.7 Å². The summed E-state index contributed by atoms with van der Waals surface area (Å²) >= 11 is 6.16. The lowest BCUT2D eigenvalue weighted by Crippen LogP contribution is -1.94. The second-order valence-electron chi connectivity index (χ2n) is 4.13. The molecule has 4 nitrogen and oxygen atoms in total. The van der Waals surface area contributed by atoms with Crippen LogP contribution in [0.4, 0.5) is 5.69 Å². The molecule has 3 aromatic rings. The van der Waals surface area contributed by atoms with Crippen LogP contribution in [0.15, 0.2) is 42.9 Å². The van der Waals surface area contributed by atoms with Crippen molar-refractivity contribution in [2.75, 3.05) is 5.73 Å². The third-order valence-electron chi connectivity index (χ3n) is 2.82. The molecule has 0 radical (unpaired) electrons. The van der Waals surface area contributed by atoms with Crippen molar-refractivity contribution in [2.45, 2.75) is 6.42 Å². The van der Waals surface area contributed by atoms with Crippen LogP contribution in [-0.4, -0.2) is 14.6 Å². The van der Waals surface area contributed by atoms with E-state index < -0.39 is 0 Å². The molecule has 0 saturated carbocycles. The predicted octanol–water partition coefficient (Wildman–Crippen LogP) is 2.56. The number of rotatable bonds is 2. The van der Waals surface area contributed by atoms with Gasteiger partial charge in [0, 0.05) is 16.9 Å². The average molecular weight is 259 g/mol. The molecule has 90 valence electrons. The molecule has 0 atom stereocenters. The van der Waals surface area contributed by atoms with E-state index in [4.69, 9.17) is 17.3 Å². The molecule has 1 aromatic carbocycles. The Balaban J connectivity index is 1.95. The fourth-order valence-corrected chi connectivity index (χ4v) is 2.15. The van der Waals surface area contributed by atoms with Crippen molar-refractivity contribution in [1.29, 1.82) is 0 Å². The summed E-state index contributed by atoms with van der Waals surface area (Å²) in [7, 11) is 0. The quantitative estimate of drug-likeness (QED) is 0.719. The third kappa shape index (κ3) is 2.02. The molecule has 18 heavy (non-hydrogen) atoms. The number of hydrogen-bond donors (Lipinski definition) is 1. The van der Waals surface area contributed by atoms with Gasteiger partial charge in [-0.25, -0.2) is 9.50 Å². The number of fused-ring (bicyclic) bond motifs is 1. The van der Waals surface area contributed by atoms with Crippen LogP contribution in [-0.2, 0) is 6.42 Å². The summed E-state index contributed by atoms with van der Waals surface area (Å²) in [5.41, 5.74) is 9.38. The molecule has 0 bridgehead atoms. The van der Waals surface area contributed by atoms with Crippen molar-refractivity contribution in [3.8, 4) is 0 Å². The highest BCUT2D eigenvalue weighted by Crippen LogP contribution is 2.22. The van der Waals surface area contributed by atoms with Gasteiger partial charge >= 0.3 is 0 Å². The van der Waals surface area contributed by atoms with Gasteiger partial charge in [-0.1, -0.05) is 17.7 Å². The number of benzene rings is 1. The zero-order valence-electron chi connectivity index (χ0n) is 9.55. The molecular formula is C13H11ClN4. The Labute approximate surface area is 109 Å². The molecular weight excluding hydrogens is 248 g/mol.